The maximum atomic E-state index is 5.34. The van der Waals surface area contributed by atoms with Crippen LogP contribution >= 0.6 is 15.9 Å². The van der Waals surface area contributed by atoms with E-state index in [1.165, 1.54) is 38.2 Å². The first kappa shape index (κ1) is 12.3. The summed E-state index contributed by atoms with van der Waals surface area (Å²) in [4.78, 5) is 2.57. The summed E-state index contributed by atoms with van der Waals surface area (Å²) in [7, 11) is 1.71. The van der Waals surface area contributed by atoms with Crippen LogP contribution in [0, 0.1) is 5.92 Å². The van der Waals surface area contributed by atoms with Crippen molar-refractivity contribution in [1.82, 2.24) is 4.90 Å². The summed E-state index contributed by atoms with van der Waals surface area (Å²) < 4.78 is 6.35. The number of ether oxygens (including phenoxy) is 1. The van der Waals surface area contributed by atoms with Gasteiger partial charge < -0.3 is 15.0 Å². The predicted molar refractivity (Wildman–Crippen MR) is 77.3 cm³/mol. The lowest BCUT2D eigenvalue weighted by atomic mass is 9.94. The molecule has 0 radical (unpaired) electrons. The lowest BCUT2D eigenvalue weighted by Crippen LogP contribution is -2.39. The van der Waals surface area contributed by atoms with Crippen LogP contribution in [0.25, 0.3) is 0 Å². The van der Waals surface area contributed by atoms with Crippen LogP contribution in [0.2, 0.25) is 0 Å². The van der Waals surface area contributed by atoms with E-state index in [1.54, 1.807) is 7.11 Å². The van der Waals surface area contributed by atoms with Gasteiger partial charge in [-0.25, -0.2) is 0 Å². The van der Waals surface area contributed by atoms with Gasteiger partial charge in [0.2, 0.25) is 0 Å². The van der Waals surface area contributed by atoms with Crippen LogP contribution in [-0.4, -0.2) is 37.7 Å². The Morgan fingerprint density at radius 3 is 3.00 bits per heavy atom. The molecule has 98 valence electrons. The standard InChI is InChI=1S/C14H19BrN2O/c1-18-14-8-11(2-3-12(14)15)16-13-5-7-17-6-4-10(13)9-17/h2-3,8,10,13,16H,4-7,9H2,1H3. The molecule has 2 aliphatic rings. The average molecular weight is 311 g/mol. The summed E-state index contributed by atoms with van der Waals surface area (Å²) in [5.74, 6) is 1.71. The molecule has 1 aromatic rings. The molecule has 3 rings (SSSR count). The minimum absolute atomic E-state index is 0.620. The molecule has 2 fully saturated rings. The summed E-state index contributed by atoms with van der Waals surface area (Å²) in [5.41, 5.74) is 1.17. The van der Waals surface area contributed by atoms with E-state index in [0.29, 0.717) is 6.04 Å². The fourth-order valence-corrected chi connectivity index (χ4v) is 3.51. The molecule has 18 heavy (non-hydrogen) atoms. The number of piperidine rings is 1. The summed E-state index contributed by atoms with van der Waals surface area (Å²) in [6.45, 7) is 3.79. The molecule has 3 nitrogen and oxygen atoms in total. The third-order valence-electron chi connectivity index (χ3n) is 4.14. The highest BCUT2D eigenvalue weighted by atomic mass is 79.9. The third-order valence-corrected chi connectivity index (χ3v) is 4.79. The first-order valence-electron chi connectivity index (χ1n) is 6.58. The van der Waals surface area contributed by atoms with Crippen molar-refractivity contribution in [2.45, 2.75) is 18.9 Å². The van der Waals surface area contributed by atoms with Gasteiger partial charge in [0.05, 0.1) is 11.6 Å². The number of anilines is 1. The highest BCUT2D eigenvalue weighted by Crippen LogP contribution is 2.32. The predicted octanol–water partition coefficient (Wildman–Crippen LogP) is 2.96. The van der Waals surface area contributed by atoms with Gasteiger partial charge in [-0.3, -0.25) is 0 Å². The van der Waals surface area contributed by atoms with Crippen molar-refractivity contribution in [2.24, 2.45) is 5.92 Å². The number of benzene rings is 1. The van der Waals surface area contributed by atoms with Gasteiger partial charge >= 0.3 is 0 Å². The molecule has 2 aliphatic heterocycles. The number of rotatable bonds is 3. The number of nitrogens with zero attached hydrogens (tertiary/aromatic N) is 1. The van der Waals surface area contributed by atoms with Crippen LogP contribution in [0.15, 0.2) is 22.7 Å². The number of hydrogen-bond donors (Lipinski definition) is 1. The maximum absolute atomic E-state index is 5.34. The van der Waals surface area contributed by atoms with Gasteiger partial charge in [-0.15, -0.1) is 0 Å². The number of methoxy groups -OCH3 is 1. The molecule has 0 spiro atoms. The van der Waals surface area contributed by atoms with E-state index in [1.807, 2.05) is 6.07 Å². The Morgan fingerprint density at radius 1 is 1.33 bits per heavy atom. The van der Waals surface area contributed by atoms with Crippen LogP contribution in [-0.2, 0) is 0 Å². The Balaban J connectivity index is 1.72. The molecule has 1 aromatic carbocycles. The van der Waals surface area contributed by atoms with Crippen molar-refractivity contribution in [2.75, 3.05) is 32.1 Å². The van der Waals surface area contributed by atoms with E-state index in [0.717, 1.165) is 16.1 Å². The number of halogens is 1. The zero-order valence-corrected chi connectivity index (χ0v) is 12.2. The zero-order chi connectivity index (χ0) is 12.5. The van der Waals surface area contributed by atoms with Crippen molar-refractivity contribution >= 4 is 21.6 Å². The molecule has 2 saturated heterocycles. The molecule has 2 heterocycles. The largest absolute Gasteiger partial charge is 0.495 e. The Morgan fingerprint density at radius 2 is 2.17 bits per heavy atom. The fraction of sp³-hybridized carbons (Fsp3) is 0.571. The SMILES string of the molecule is COc1cc(NC2CCN3CCC2C3)ccc1Br. The van der Waals surface area contributed by atoms with Gasteiger partial charge in [0.1, 0.15) is 5.75 Å². The van der Waals surface area contributed by atoms with Crippen molar-refractivity contribution < 1.29 is 4.74 Å². The van der Waals surface area contributed by atoms with E-state index in [9.17, 15) is 0 Å². The highest BCUT2D eigenvalue weighted by molar-refractivity contribution is 9.10. The van der Waals surface area contributed by atoms with Gasteiger partial charge in [-0.1, -0.05) is 0 Å². The van der Waals surface area contributed by atoms with Gasteiger partial charge in [-0.05, 0) is 53.4 Å². The smallest absolute Gasteiger partial charge is 0.135 e. The molecule has 2 bridgehead atoms. The number of fused-ring (bicyclic) bond motifs is 2. The first-order chi connectivity index (χ1) is 8.76. The number of hydrogen-bond acceptors (Lipinski definition) is 3. The Labute approximate surface area is 117 Å². The normalized spacial score (nSPS) is 30.2. The summed E-state index contributed by atoms with van der Waals surface area (Å²) in [6, 6.07) is 6.86. The summed E-state index contributed by atoms with van der Waals surface area (Å²) in [6.07, 6.45) is 2.59. The molecule has 0 aliphatic carbocycles. The second kappa shape index (κ2) is 5.10. The van der Waals surface area contributed by atoms with Crippen molar-refractivity contribution in [1.29, 1.82) is 0 Å². The average Bonchev–Trinajstić information content (AvgIpc) is 2.78. The molecule has 3 atom stereocenters. The minimum Gasteiger partial charge on any atom is -0.495 e. The topological polar surface area (TPSA) is 24.5 Å². The molecular formula is C14H19BrN2O. The molecule has 4 heteroatoms. The number of nitrogens with one attached hydrogen (secondary N) is 1. The second-order valence-electron chi connectivity index (χ2n) is 5.24. The van der Waals surface area contributed by atoms with Crippen LogP contribution in [0.3, 0.4) is 0 Å². The van der Waals surface area contributed by atoms with Crippen LogP contribution in [0.4, 0.5) is 5.69 Å². The van der Waals surface area contributed by atoms with Crippen molar-refractivity contribution in [3.8, 4) is 5.75 Å². The van der Waals surface area contributed by atoms with E-state index >= 15 is 0 Å². The van der Waals surface area contributed by atoms with E-state index in [4.69, 9.17) is 4.74 Å². The molecule has 1 N–H and O–H groups in total. The molecule has 3 unspecified atom stereocenters. The lowest BCUT2D eigenvalue weighted by Gasteiger charge is -2.31. The Hall–Kier alpha value is -0.740. The molecule has 0 saturated carbocycles. The fourth-order valence-electron chi connectivity index (χ4n) is 3.11. The molecule has 0 amide bonds. The van der Waals surface area contributed by atoms with E-state index in [2.05, 4.69) is 38.3 Å². The summed E-state index contributed by atoms with van der Waals surface area (Å²) >= 11 is 3.49. The van der Waals surface area contributed by atoms with Crippen molar-refractivity contribution in [3.63, 3.8) is 0 Å². The lowest BCUT2D eigenvalue weighted by molar-refractivity contribution is 0.255. The minimum atomic E-state index is 0.620. The Bertz CT molecular complexity index is 438. The van der Waals surface area contributed by atoms with Crippen molar-refractivity contribution in [3.05, 3.63) is 22.7 Å². The molecular weight excluding hydrogens is 292 g/mol. The van der Waals surface area contributed by atoms with Crippen LogP contribution in [0.1, 0.15) is 12.8 Å². The molecule has 0 aromatic heterocycles. The van der Waals surface area contributed by atoms with E-state index in [-0.39, 0.29) is 0 Å². The van der Waals surface area contributed by atoms with Crippen LogP contribution < -0.4 is 10.1 Å². The monoisotopic (exact) mass is 310 g/mol. The second-order valence-corrected chi connectivity index (χ2v) is 6.09. The quantitative estimate of drug-likeness (QED) is 0.929. The first-order valence-corrected chi connectivity index (χ1v) is 7.38. The van der Waals surface area contributed by atoms with Gasteiger partial charge in [0, 0.05) is 30.9 Å². The van der Waals surface area contributed by atoms with Gasteiger partial charge in [0.25, 0.3) is 0 Å². The Kier molecular flexibility index (Phi) is 3.48. The van der Waals surface area contributed by atoms with Crippen LogP contribution in [0.5, 0.6) is 5.75 Å². The zero-order valence-electron chi connectivity index (χ0n) is 10.7. The maximum Gasteiger partial charge on any atom is 0.135 e. The van der Waals surface area contributed by atoms with Gasteiger partial charge in [0.15, 0.2) is 0 Å². The van der Waals surface area contributed by atoms with Gasteiger partial charge in [-0.2, -0.15) is 0 Å². The summed E-state index contributed by atoms with van der Waals surface area (Å²) in [5, 5.41) is 3.68. The van der Waals surface area contributed by atoms with E-state index < -0.39 is 0 Å². The third kappa shape index (κ3) is 2.36. The highest BCUT2D eigenvalue weighted by Gasteiger charge is 2.34.